The van der Waals surface area contributed by atoms with Crippen LogP contribution in [0.1, 0.15) is 18.9 Å². The summed E-state index contributed by atoms with van der Waals surface area (Å²) in [4.78, 5) is 0. The molecule has 0 atom stereocenters. The number of benzene rings is 1. The highest BCUT2D eigenvalue weighted by Crippen LogP contribution is 2.30. The van der Waals surface area contributed by atoms with Crippen LogP contribution in [-0.4, -0.2) is 6.54 Å². The Labute approximate surface area is 98.1 Å². The first kappa shape index (κ1) is 11.8. The highest BCUT2D eigenvalue weighted by molar-refractivity contribution is 9.10. The molecule has 0 aromatic heterocycles. The lowest BCUT2D eigenvalue weighted by Crippen LogP contribution is -1.96. The van der Waals surface area contributed by atoms with Gasteiger partial charge in [-0.3, -0.25) is 0 Å². The molecule has 0 aliphatic carbocycles. The van der Waals surface area contributed by atoms with Crippen molar-refractivity contribution >= 4 is 33.1 Å². The Kier molecular flexibility index (Phi) is 4.66. The number of hydrogen-bond donors (Lipinski definition) is 1. The molecular weight excluding hydrogens is 261 g/mol. The number of allylic oxidation sites excluding steroid dienone is 1. The van der Waals surface area contributed by atoms with E-state index in [-0.39, 0.29) is 0 Å². The normalized spacial score (nSPS) is 11.9. The van der Waals surface area contributed by atoms with Crippen LogP contribution < -0.4 is 5.73 Å². The average Bonchev–Trinajstić information content (AvgIpc) is 2.14. The van der Waals surface area contributed by atoms with Crippen molar-refractivity contribution < 1.29 is 0 Å². The lowest BCUT2D eigenvalue weighted by Gasteiger charge is -2.07. The van der Waals surface area contributed by atoms with E-state index in [9.17, 15) is 0 Å². The predicted octanol–water partition coefficient (Wildman–Crippen LogP) is 3.85. The summed E-state index contributed by atoms with van der Waals surface area (Å²) in [5.41, 5.74) is 7.66. The summed E-state index contributed by atoms with van der Waals surface area (Å²) in [5.74, 6) is 0. The van der Waals surface area contributed by atoms with Gasteiger partial charge in [0, 0.05) is 15.1 Å². The largest absolute Gasteiger partial charge is 0.330 e. The molecule has 0 radical (unpaired) electrons. The second kappa shape index (κ2) is 5.54. The molecule has 1 nitrogen and oxygen atoms in total. The fraction of sp³-hybridized carbons (Fsp3) is 0.273. The summed E-state index contributed by atoms with van der Waals surface area (Å²) in [7, 11) is 0. The molecule has 0 aliphatic heterocycles. The molecule has 76 valence electrons. The van der Waals surface area contributed by atoms with Gasteiger partial charge in [-0.15, -0.1) is 0 Å². The summed E-state index contributed by atoms with van der Waals surface area (Å²) in [6, 6.07) is 5.80. The minimum atomic E-state index is 0.666. The zero-order chi connectivity index (χ0) is 10.6. The van der Waals surface area contributed by atoms with E-state index in [0.717, 1.165) is 27.1 Å². The third-order valence-electron chi connectivity index (χ3n) is 1.97. The Bertz CT molecular complexity index is 327. The minimum absolute atomic E-state index is 0.666. The van der Waals surface area contributed by atoms with Crippen LogP contribution in [0.4, 0.5) is 0 Å². The first-order chi connectivity index (χ1) is 6.66. The van der Waals surface area contributed by atoms with Crippen LogP contribution in [-0.2, 0) is 0 Å². The molecule has 0 aliphatic rings. The predicted molar refractivity (Wildman–Crippen MR) is 66.5 cm³/mol. The van der Waals surface area contributed by atoms with Crippen molar-refractivity contribution in [1.82, 2.24) is 0 Å². The molecule has 0 saturated carbocycles. The van der Waals surface area contributed by atoms with Crippen LogP contribution in [0.3, 0.4) is 0 Å². The number of hydrogen-bond acceptors (Lipinski definition) is 1. The van der Waals surface area contributed by atoms with Crippen molar-refractivity contribution in [3.05, 3.63) is 39.3 Å². The van der Waals surface area contributed by atoms with Gasteiger partial charge in [0.05, 0.1) is 0 Å². The third-order valence-corrected chi connectivity index (χ3v) is 2.95. The summed E-state index contributed by atoms with van der Waals surface area (Å²) < 4.78 is 1.02. The van der Waals surface area contributed by atoms with Gasteiger partial charge in [0.1, 0.15) is 0 Å². The van der Waals surface area contributed by atoms with Crippen molar-refractivity contribution in [3.8, 4) is 0 Å². The summed E-state index contributed by atoms with van der Waals surface area (Å²) in [6.45, 7) is 2.71. The molecule has 0 heterocycles. The Hall–Kier alpha value is -0.310. The maximum atomic E-state index is 6.10. The lowest BCUT2D eigenvalue weighted by molar-refractivity contribution is 1.01. The topological polar surface area (TPSA) is 26.0 Å². The van der Waals surface area contributed by atoms with Gasteiger partial charge in [-0.1, -0.05) is 39.7 Å². The highest BCUT2D eigenvalue weighted by Gasteiger charge is 2.05. The molecule has 0 spiro atoms. The second-order valence-electron chi connectivity index (χ2n) is 3.06. The van der Waals surface area contributed by atoms with E-state index in [0.29, 0.717) is 6.54 Å². The quantitative estimate of drug-likeness (QED) is 0.890. The summed E-state index contributed by atoms with van der Waals surface area (Å²) in [5, 5.41) is 0.769. The highest BCUT2D eigenvalue weighted by atomic mass is 79.9. The van der Waals surface area contributed by atoms with Crippen molar-refractivity contribution in [2.75, 3.05) is 6.54 Å². The van der Waals surface area contributed by atoms with Gasteiger partial charge in [-0.25, -0.2) is 0 Å². The number of nitrogens with two attached hydrogens (primary N) is 1. The van der Waals surface area contributed by atoms with Gasteiger partial charge in [0.15, 0.2) is 0 Å². The van der Waals surface area contributed by atoms with Crippen LogP contribution in [0.25, 0.3) is 5.57 Å². The molecule has 0 unspecified atom stereocenters. The monoisotopic (exact) mass is 273 g/mol. The molecule has 14 heavy (non-hydrogen) atoms. The molecule has 3 heteroatoms. The maximum Gasteiger partial charge on any atom is 0.0492 e. The Morgan fingerprint density at radius 1 is 1.57 bits per heavy atom. The molecule has 0 fully saturated rings. The SMILES string of the molecule is C/C(=C/CCN)c1c(Cl)cccc1Br. The first-order valence-electron chi connectivity index (χ1n) is 4.48. The maximum absolute atomic E-state index is 6.10. The van der Waals surface area contributed by atoms with Crippen molar-refractivity contribution in [3.63, 3.8) is 0 Å². The smallest absolute Gasteiger partial charge is 0.0492 e. The fourth-order valence-electron chi connectivity index (χ4n) is 1.28. The standard InChI is InChI=1S/C11H13BrClN/c1-8(4-3-7-14)11-9(12)5-2-6-10(11)13/h2,4-6H,3,7,14H2,1H3/b8-4-. The minimum Gasteiger partial charge on any atom is -0.330 e. The molecule has 0 saturated heterocycles. The van der Waals surface area contributed by atoms with Crippen molar-refractivity contribution in [2.24, 2.45) is 5.73 Å². The van der Waals surface area contributed by atoms with Gasteiger partial charge in [0.25, 0.3) is 0 Å². The Morgan fingerprint density at radius 3 is 2.86 bits per heavy atom. The van der Waals surface area contributed by atoms with E-state index in [1.165, 1.54) is 0 Å². The average molecular weight is 275 g/mol. The van der Waals surface area contributed by atoms with Crippen LogP contribution in [0.5, 0.6) is 0 Å². The summed E-state index contributed by atoms with van der Waals surface area (Å²) in [6.07, 6.45) is 2.98. The van der Waals surface area contributed by atoms with Crippen molar-refractivity contribution in [2.45, 2.75) is 13.3 Å². The van der Waals surface area contributed by atoms with Gasteiger partial charge < -0.3 is 5.73 Å². The molecule has 0 amide bonds. The second-order valence-corrected chi connectivity index (χ2v) is 4.32. The van der Waals surface area contributed by atoms with E-state index in [1.54, 1.807) is 0 Å². The molecule has 1 rings (SSSR count). The van der Waals surface area contributed by atoms with Gasteiger partial charge >= 0.3 is 0 Å². The van der Waals surface area contributed by atoms with Crippen LogP contribution >= 0.6 is 27.5 Å². The molecular formula is C11H13BrClN. The lowest BCUT2D eigenvalue weighted by atomic mass is 10.1. The van der Waals surface area contributed by atoms with Gasteiger partial charge in [-0.2, -0.15) is 0 Å². The third kappa shape index (κ3) is 2.84. The molecule has 0 bridgehead atoms. The van der Waals surface area contributed by atoms with E-state index in [4.69, 9.17) is 17.3 Å². The van der Waals surface area contributed by atoms with E-state index in [1.807, 2.05) is 25.1 Å². The Morgan fingerprint density at radius 2 is 2.29 bits per heavy atom. The summed E-state index contributed by atoms with van der Waals surface area (Å²) >= 11 is 9.58. The zero-order valence-electron chi connectivity index (χ0n) is 8.06. The zero-order valence-corrected chi connectivity index (χ0v) is 10.4. The molecule has 1 aromatic rings. The van der Waals surface area contributed by atoms with Crippen molar-refractivity contribution in [1.29, 1.82) is 0 Å². The van der Waals surface area contributed by atoms with Crippen LogP contribution in [0.2, 0.25) is 5.02 Å². The first-order valence-corrected chi connectivity index (χ1v) is 5.65. The Balaban J connectivity index is 3.05. The number of halogens is 2. The molecule has 1 aromatic carbocycles. The van der Waals surface area contributed by atoms with Crippen LogP contribution in [0.15, 0.2) is 28.7 Å². The number of rotatable bonds is 3. The molecule has 2 N–H and O–H groups in total. The van der Waals surface area contributed by atoms with Gasteiger partial charge in [-0.05, 0) is 37.6 Å². The van der Waals surface area contributed by atoms with E-state index < -0.39 is 0 Å². The van der Waals surface area contributed by atoms with Gasteiger partial charge in [0.2, 0.25) is 0 Å². The van der Waals surface area contributed by atoms with Crippen LogP contribution in [0, 0.1) is 0 Å². The van der Waals surface area contributed by atoms with E-state index >= 15 is 0 Å². The van der Waals surface area contributed by atoms with E-state index in [2.05, 4.69) is 22.0 Å². The fourth-order valence-corrected chi connectivity index (χ4v) is 2.39.